The smallest absolute Gasteiger partial charge is 0.263 e. The van der Waals surface area contributed by atoms with Crippen molar-refractivity contribution in [3.8, 4) is 17.2 Å². The van der Waals surface area contributed by atoms with Gasteiger partial charge in [-0.1, -0.05) is 18.2 Å². The maximum atomic E-state index is 14.0. The quantitative estimate of drug-likeness (QED) is 0.506. The van der Waals surface area contributed by atoms with Crippen LogP contribution in [0, 0.1) is 12.7 Å². The van der Waals surface area contributed by atoms with E-state index in [1.54, 1.807) is 50.1 Å². The van der Waals surface area contributed by atoms with Gasteiger partial charge in [0.2, 0.25) is 0 Å². The van der Waals surface area contributed by atoms with Gasteiger partial charge in [-0.15, -0.1) is 0 Å². The molecular formula is C26H27FN2O6S. The molecule has 0 saturated carbocycles. The maximum Gasteiger partial charge on any atom is 0.263 e. The predicted octanol–water partition coefficient (Wildman–Crippen LogP) is 4.26. The van der Waals surface area contributed by atoms with Gasteiger partial charge in [0.15, 0.2) is 17.6 Å². The fourth-order valence-electron chi connectivity index (χ4n) is 4.04. The number of nitrogens with one attached hydrogen (secondary N) is 1. The van der Waals surface area contributed by atoms with Gasteiger partial charge in [0.25, 0.3) is 15.9 Å². The Morgan fingerprint density at radius 1 is 1.11 bits per heavy atom. The molecule has 3 aromatic rings. The second-order valence-electron chi connectivity index (χ2n) is 8.45. The highest BCUT2D eigenvalue weighted by atomic mass is 32.2. The molecule has 0 fully saturated rings. The largest absolute Gasteiger partial charge is 0.493 e. The summed E-state index contributed by atoms with van der Waals surface area (Å²) < 4.78 is 58.9. The molecule has 1 amide bonds. The molecular weight excluding hydrogens is 487 g/mol. The summed E-state index contributed by atoms with van der Waals surface area (Å²) in [6, 6.07) is 13.9. The number of nitrogens with zero attached hydrogens (tertiary/aromatic N) is 1. The Bertz CT molecular complexity index is 1410. The third kappa shape index (κ3) is 5.08. The topological polar surface area (TPSA) is 94.2 Å². The Morgan fingerprint density at radius 3 is 2.58 bits per heavy atom. The lowest BCUT2D eigenvalue weighted by molar-refractivity contribution is -0.138. The molecule has 36 heavy (non-hydrogen) atoms. The molecule has 1 aliphatic heterocycles. The van der Waals surface area contributed by atoms with Crippen molar-refractivity contribution >= 4 is 21.6 Å². The molecule has 0 saturated heterocycles. The Morgan fingerprint density at radius 2 is 1.89 bits per heavy atom. The molecule has 10 heteroatoms. The first-order chi connectivity index (χ1) is 17.1. The molecule has 1 atom stereocenters. The van der Waals surface area contributed by atoms with Crippen molar-refractivity contribution in [2.75, 3.05) is 18.9 Å². The molecule has 190 valence electrons. The summed E-state index contributed by atoms with van der Waals surface area (Å²) in [5.74, 6) is 0.710. The van der Waals surface area contributed by atoms with Crippen molar-refractivity contribution < 1.29 is 31.8 Å². The van der Waals surface area contributed by atoms with E-state index in [1.165, 1.54) is 19.2 Å². The number of carbonyl (C=O) groups excluding carboxylic acids is 1. The first-order valence-corrected chi connectivity index (χ1v) is 12.7. The van der Waals surface area contributed by atoms with Crippen LogP contribution >= 0.6 is 0 Å². The van der Waals surface area contributed by atoms with Crippen LogP contribution in [0.15, 0.2) is 59.5 Å². The molecule has 3 aromatic carbocycles. The number of aryl methyl sites for hydroxylation is 1. The second-order valence-corrected chi connectivity index (χ2v) is 10.1. The fourth-order valence-corrected chi connectivity index (χ4v) is 5.10. The summed E-state index contributed by atoms with van der Waals surface area (Å²) in [6.45, 7) is 3.62. The number of halogens is 1. The van der Waals surface area contributed by atoms with Crippen LogP contribution in [0.3, 0.4) is 0 Å². The van der Waals surface area contributed by atoms with Crippen LogP contribution in [-0.4, -0.2) is 39.5 Å². The van der Waals surface area contributed by atoms with Gasteiger partial charge in [-0.25, -0.2) is 12.8 Å². The Balaban J connectivity index is 1.63. The predicted molar refractivity (Wildman–Crippen MR) is 132 cm³/mol. The molecule has 1 N–H and O–H groups in total. The van der Waals surface area contributed by atoms with Crippen molar-refractivity contribution in [1.29, 1.82) is 0 Å². The number of hydrogen-bond donors (Lipinski definition) is 1. The summed E-state index contributed by atoms with van der Waals surface area (Å²) >= 11 is 0. The molecule has 0 aromatic heterocycles. The van der Waals surface area contributed by atoms with Crippen molar-refractivity contribution in [1.82, 2.24) is 4.90 Å². The Labute approximate surface area is 209 Å². The third-order valence-electron chi connectivity index (χ3n) is 5.94. The number of methoxy groups -OCH3 is 2. The fraction of sp³-hybridized carbons (Fsp3) is 0.269. The molecule has 0 spiro atoms. The third-order valence-corrected chi connectivity index (χ3v) is 7.32. The van der Waals surface area contributed by atoms with Crippen molar-refractivity contribution in [3.63, 3.8) is 0 Å². The van der Waals surface area contributed by atoms with Gasteiger partial charge in [-0.3, -0.25) is 9.52 Å². The molecule has 0 bridgehead atoms. The number of ether oxygens (including phenoxy) is 3. The van der Waals surface area contributed by atoms with E-state index >= 15 is 0 Å². The number of para-hydroxylation sites is 1. The molecule has 0 radical (unpaired) electrons. The normalized spacial score (nSPS) is 15.5. The standard InChI is InChI=1S/C26H27FN2O6S/c1-16-8-10-21(13-22(16)27)36(31,32)28-20-9-11-23-19(12-20)15-29(26(30)17(2)35-23)14-18-6-5-7-24(33-3)25(18)34-4/h5-13,17,28H,14-15H2,1-4H3. The van der Waals surface area contributed by atoms with Gasteiger partial charge < -0.3 is 19.1 Å². The van der Waals surface area contributed by atoms with Crippen molar-refractivity contribution in [2.45, 2.75) is 37.9 Å². The van der Waals surface area contributed by atoms with E-state index in [9.17, 15) is 17.6 Å². The summed E-state index contributed by atoms with van der Waals surface area (Å²) in [4.78, 5) is 14.5. The molecule has 8 nitrogen and oxygen atoms in total. The number of anilines is 1. The number of sulfonamides is 1. The van der Waals surface area contributed by atoms with Gasteiger partial charge in [0.05, 0.1) is 19.1 Å². The van der Waals surface area contributed by atoms with Crippen LogP contribution in [0.25, 0.3) is 0 Å². The molecule has 1 aliphatic rings. The van der Waals surface area contributed by atoms with E-state index in [1.807, 2.05) is 12.1 Å². The average Bonchev–Trinajstić information content (AvgIpc) is 2.96. The van der Waals surface area contributed by atoms with E-state index in [4.69, 9.17) is 14.2 Å². The molecule has 1 heterocycles. The van der Waals surface area contributed by atoms with Crippen LogP contribution in [0.4, 0.5) is 10.1 Å². The maximum absolute atomic E-state index is 14.0. The minimum absolute atomic E-state index is 0.174. The first-order valence-electron chi connectivity index (χ1n) is 11.2. The number of amides is 1. The van der Waals surface area contributed by atoms with Gasteiger partial charge in [-0.2, -0.15) is 0 Å². The minimum atomic E-state index is -4.03. The van der Waals surface area contributed by atoms with Gasteiger partial charge in [0.1, 0.15) is 11.6 Å². The summed E-state index contributed by atoms with van der Waals surface area (Å²) in [5.41, 5.74) is 1.98. The van der Waals surface area contributed by atoms with Gasteiger partial charge in [0, 0.05) is 29.9 Å². The lowest BCUT2D eigenvalue weighted by atomic mass is 10.1. The lowest BCUT2D eigenvalue weighted by Gasteiger charge is -2.24. The zero-order chi connectivity index (χ0) is 26.0. The Kier molecular flexibility index (Phi) is 7.07. The minimum Gasteiger partial charge on any atom is -0.493 e. The zero-order valence-electron chi connectivity index (χ0n) is 20.4. The van der Waals surface area contributed by atoms with Crippen molar-refractivity contribution in [2.24, 2.45) is 0 Å². The summed E-state index contributed by atoms with van der Waals surface area (Å²) in [5, 5.41) is 0. The molecule has 4 rings (SSSR count). The highest BCUT2D eigenvalue weighted by molar-refractivity contribution is 7.92. The van der Waals surface area contributed by atoms with Gasteiger partial charge in [-0.05, 0) is 55.8 Å². The van der Waals surface area contributed by atoms with E-state index in [0.717, 1.165) is 11.6 Å². The number of carbonyl (C=O) groups is 1. The van der Waals surface area contributed by atoms with E-state index in [0.29, 0.717) is 28.4 Å². The lowest BCUT2D eigenvalue weighted by Crippen LogP contribution is -2.37. The monoisotopic (exact) mass is 514 g/mol. The van der Waals surface area contributed by atoms with E-state index in [-0.39, 0.29) is 29.6 Å². The average molecular weight is 515 g/mol. The Hall–Kier alpha value is -3.79. The molecule has 1 unspecified atom stereocenters. The summed E-state index contributed by atoms with van der Waals surface area (Å²) in [6.07, 6.45) is -0.749. The molecule has 0 aliphatic carbocycles. The number of rotatable bonds is 7. The van der Waals surface area contributed by atoms with Crippen LogP contribution in [0.5, 0.6) is 17.2 Å². The highest BCUT2D eigenvalue weighted by Gasteiger charge is 2.29. The zero-order valence-corrected chi connectivity index (χ0v) is 21.2. The van der Waals surface area contributed by atoms with Crippen LogP contribution in [0.2, 0.25) is 0 Å². The summed E-state index contributed by atoms with van der Waals surface area (Å²) in [7, 11) is -0.958. The van der Waals surface area contributed by atoms with Crippen LogP contribution in [0.1, 0.15) is 23.6 Å². The van der Waals surface area contributed by atoms with E-state index < -0.39 is 21.9 Å². The second kappa shape index (κ2) is 10.1. The number of benzene rings is 3. The van der Waals surface area contributed by atoms with Crippen LogP contribution in [-0.2, 0) is 27.9 Å². The highest BCUT2D eigenvalue weighted by Crippen LogP contribution is 2.34. The van der Waals surface area contributed by atoms with Gasteiger partial charge >= 0.3 is 0 Å². The van der Waals surface area contributed by atoms with E-state index in [2.05, 4.69) is 4.72 Å². The first kappa shape index (κ1) is 25.3. The number of hydrogen-bond acceptors (Lipinski definition) is 6. The van der Waals surface area contributed by atoms with Crippen molar-refractivity contribution in [3.05, 3.63) is 77.1 Å². The SMILES string of the molecule is COc1cccc(CN2Cc3cc(NS(=O)(=O)c4ccc(C)c(F)c4)ccc3OC(C)C2=O)c1OC. The number of fused-ring (bicyclic) bond motifs is 1. The van der Waals surface area contributed by atoms with Crippen LogP contribution < -0.4 is 18.9 Å².